The number of aryl methyl sites for hydroxylation is 1. The molecule has 1 N–H and O–H groups in total. The van der Waals surface area contributed by atoms with E-state index in [4.69, 9.17) is 0 Å². The Morgan fingerprint density at radius 2 is 1.85 bits per heavy atom. The van der Waals surface area contributed by atoms with Gasteiger partial charge in [0, 0.05) is 16.7 Å². The molecule has 0 saturated carbocycles. The summed E-state index contributed by atoms with van der Waals surface area (Å²) in [7, 11) is 0. The zero-order chi connectivity index (χ0) is 14.1. The smallest absolute Gasteiger partial charge is 0.338 e. The highest BCUT2D eigenvalue weighted by molar-refractivity contribution is 9.10. The SMILES string of the molecule is O=C(O)c1c(Br)cccc1N1CCCc2ccccc21. The number of hydrogen-bond acceptors (Lipinski definition) is 2. The summed E-state index contributed by atoms with van der Waals surface area (Å²) in [6, 6.07) is 13.7. The number of hydrogen-bond donors (Lipinski definition) is 1. The van der Waals surface area contributed by atoms with Gasteiger partial charge in [-0.1, -0.05) is 24.3 Å². The van der Waals surface area contributed by atoms with Crippen molar-refractivity contribution in [3.63, 3.8) is 0 Å². The van der Waals surface area contributed by atoms with E-state index >= 15 is 0 Å². The summed E-state index contributed by atoms with van der Waals surface area (Å²) in [5.41, 5.74) is 3.46. The fourth-order valence-corrected chi connectivity index (χ4v) is 3.26. The highest BCUT2D eigenvalue weighted by Gasteiger charge is 2.23. The van der Waals surface area contributed by atoms with Crippen LogP contribution >= 0.6 is 15.9 Å². The minimum atomic E-state index is -0.907. The average Bonchev–Trinajstić information content (AvgIpc) is 2.46. The third kappa shape index (κ3) is 2.20. The van der Waals surface area contributed by atoms with Gasteiger partial charge >= 0.3 is 5.97 Å². The molecule has 0 aromatic heterocycles. The van der Waals surface area contributed by atoms with E-state index in [-0.39, 0.29) is 0 Å². The lowest BCUT2D eigenvalue weighted by Gasteiger charge is -2.32. The molecule has 2 aromatic carbocycles. The number of nitrogens with zero attached hydrogens (tertiary/aromatic N) is 1. The lowest BCUT2D eigenvalue weighted by molar-refractivity contribution is 0.0696. The molecule has 0 unspecified atom stereocenters. The summed E-state index contributed by atoms with van der Waals surface area (Å²) < 4.78 is 0.616. The van der Waals surface area contributed by atoms with E-state index in [1.165, 1.54) is 5.56 Å². The second kappa shape index (κ2) is 5.29. The van der Waals surface area contributed by atoms with Gasteiger partial charge in [0.1, 0.15) is 0 Å². The normalized spacial score (nSPS) is 13.9. The Morgan fingerprint density at radius 3 is 2.65 bits per heavy atom. The molecule has 1 aliphatic heterocycles. The molecule has 102 valence electrons. The molecule has 3 nitrogen and oxygen atoms in total. The quantitative estimate of drug-likeness (QED) is 0.895. The first-order valence-corrected chi connectivity index (χ1v) is 7.35. The molecule has 0 radical (unpaired) electrons. The van der Waals surface area contributed by atoms with Crippen molar-refractivity contribution >= 4 is 33.3 Å². The van der Waals surface area contributed by atoms with Crippen LogP contribution in [-0.4, -0.2) is 17.6 Å². The van der Waals surface area contributed by atoms with Crippen molar-refractivity contribution in [3.8, 4) is 0 Å². The number of carboxylic acid groups (broad SMARTS) is 1. The third-order valence-electron chi connectivity index (χ3n) is 3.61. The second-order valence-corrected chi connectivity index (χ2v) is 5.68. The van der Waals surface area contributed by atoms with Crippen molar-refractivity contribution in [1.82, 2.24) is 0 Å². The number of para-hydroxylation sites is 1. The summed E-state index contributed by atoms with van der Waals surface area (Å²) in [6.07, 6.45) is 2.08. The third-order valence-corrected chi connectivity index (χ3v) is 4.27. The number of anilines is 2. The summed E-state index contributed by atoms with van der Waals surface area (Å²) in [4.78, 5) is 13.6. The zero-order valence-corrected chi connectivity index (χ0v) is 12.4. The van der Waals surface area contributed by atoms with Crippen LogP contribution in [0.25, 0.3) is 0 Å². The maximum Gasteiger partial charge on any atom is 0.338 e. The summed E-state index contributed by atoms with van der Waals surface area (Å²) >= 11 is 3.35. The maximum atomic E-state index is 11.5. The van der Waals surface area contributed by atoms with Gasteiger partial charge in [0.15, 0.2) is 0 Å². The highest BCUT2D eigenvalue weighted by atomic mass is 79.9. The van der Waals surface area contributed by atoms with Crippen molar-refractivity contribution in [1.29, 1.82) is 0 Å². The van der Waals surface area contributed by atoms with Crippen LogP contribution in [0.15, 0.2) is 46.9 Å². The van der Waals surface area contributed by atoms with Gasteiger partial charge in [-0.2, -0.15) is 0 Å². The van der Waals surface area contributed by atoms with Gasteiger partial charge in [0.25, 0.3) is 0 Å². The fraction of sp³-hybridized carbons (Fsp3) is 0.188. The van der Waals surface area contributed by atoms with Crippen LogP contribution in [0.5, 0.6) is 0 Å². The predicted octanol–water partition coefficient (Wildman–Crippen LogP) is 4.23. The van der Waals surface area contributed by atoms with Crippen LogP contribution in [0.4, 0.5) is 11.4 Å². The largest absolute Gasteiger partial charge is 0.478 e. The first-order valence-electron chi connectivity index (χ1n) is 6.56. The Kier molecular flexibility index (Phi) is 3.49. The molecule has 0 saturated heterocycles. The van der Waals surface area contributed by atoms with Gasteiger partial charge in [-0.15, -0.1) is 0 Å². The van der Waals surface area contributed by atoms with Gasteiger partial charge in [-0.3, -0.25) is 0 Å². The Hall–Kier alpha value is -1.81. The van der Waals surface area contributed by atoms with Crippen molar-refractivity contribution in [2.24, 2.45) is 0 Å². The van der Waals surface area contributed by atoms with Crippen LogP contribution in [0.3, 0.4) is 0 Å². The van der Waals surface area contributed by atoms with Crippen LogP contribution < -0.4 is 4.90 Å². The van der Waals surface area contributed by atoms with Gasteiger partial charge in [0.05, 0.1) is 11.3 Å². The van der Waals surface area contributed by atoms with E-state index in [9.17, 15) is 9.90 Å². The molecule has 1 aliphatic rings. The number of carboxylic acids is 1. The Balaban J connectivity index is 2.16. The first-order chi connectivity index (χ1) is 9.68. The van der Waals surface area contributed by atoms with Crippen molar-refractivity contribution in [2.45, 2.75) is 12.8 Å². The summed E-state index contributed by atoms with van der Waals surface area (Å²) in [5.74, 6) is -0.907. The topological polar surface area (TPSA) is 40.5 Å². The summed E-state index contributed by atoms with van der Waals surface area (Å²) in [5, 5.41) is 9.47. The second-order valence-electron chi connectivity index (χ2n) is 4.82. The molecule has 0 amide bonds. The number of rotatable bonds is 2. The van der Waals surface area contributed by atoms with E-state index in [1.807, 2.05) is 24.3 Å². The van der Waals surface area contributed by atoms with Crippen LogP contribution in [0.1, 0.15) is 22.3 Å². The Morgan fingerprint density at radius 1 is 1.10 bits per heavy atom. The highest BCUT2D eigenvalue weighted by Crippen LogP contribution is 2.37. The predicted molar refractivity (Wildman–Crippen MR) is 82.9 cm³/mol. The molecule has 0 spiro atoms. The van der Waals surface area contributed by atoms with Crippen LogP contribution in [0.2, 0.25) is 0 Å². The number of fused-ring (bicyclic) bond motifs is 1. The molecule has 0 fully saturated rings. The standard InChI is InChI=1S/C16H14BrNO2/c17-12-7-3-9-14(15(12)16(19)20)18-10-4-6-11-5-1-2-8-13(11)18/h1-3,5,7-9H,4,6,10H2,(H,19,20). The Bertz CT molecular complexity index is 669. The maximum absolute atomic E-state index is 11.5. The molecular formula is C16H14BrNO2. The minimum absolute atomic E-state index is 0.323. The molecule has 1 heterocycles. The van der Waals surface area contributed by atoms with E-state index in [0.29, 0.717) is 10.0 Å². The molecular weight excluding hydrogens is 318 g/mol. The van der Waals surface area contributed by atoms with E-state index in [0.717, 1.165) is 30.8 Å². The van der Waals surface area contributed by atoms with Crippen molar-refractivity contribution in [3.05, 3.63) is 58.1 Å². The van der Waals surface area contributed by atoms with Gasteiger partial charge in [-0.05, 0) is 52.5 Å². The van der Waals surface area contributed by atoms with Crippen molar-refractivity contribution in [2.75, 3.05) is 11.4 Å². The molecule has 0 aliphatic carbocycles. The molecule has 2 aromatic rings. The minimum Gasteiger partial charge on any atom is -0.478 e. The number of aromatic carboxylic acids is 1. The van der Waals surface area contributed by atoms with Crippen molar-refractivity contribution < 1.29 is 9.90 Å². The number of carbonyl (C=O) groups is 1. The van der Waals surface area contributed by atoms with E-state index < -0.39 is 5.97 Å². The average molecular weight is 332 g/mol. The van der Waals surface area contributed by atoms with E-state index in [1.54, 1.807) is 6.07 Å². The molecule has 0 atom stereocenters. The van der Waals surface area contributed by atoms with E-state index in [2.05, 4.69) is 33.0 Å². The van der Waals surface area contributed by atoms with Gasteiger partial charge < -0.3 is 10.0 Å². The Labute approximate surface area is 126 Å². The monoisotopic (exact) mass is 331 g/mol. The molecule has 20 heavy (non-hydrogen) atoms. The van der Waals surface area contributed by atoms with Crippen LogP contribution in [-0.2, 0) is 6.42 Å². The van der Waals surface area contributed by atoms with Gasteiger partial charge in [0.2, 0.25) is 0 Å². The first kappa shape index (κ1) is 13.2. The number of halogens is 1. The lowest BCUT2D eigenvalue weighted by Crippen LogP contribution is -2.26. The zero-order valence-electron chi connectivity index (χ0n) is 10.8. The summed E-state index contributed by atoms with van der Waals surface area (Å²) in [6.45, 7) is 0.841. The fourth-order valence-electron chi connectivity index (χ4n) is 2.73. The van der Waals surface area contributed by atoms with Gasteiger partial charge in [-0.25, -0.2) is 4.79 Å². The molecule has 0 bridgehead atoms. The lowest BCUT2D eigenvalue weighted by atomic mass is 10.00. The molecule has 4 heteroatoms. The number of benzene rings is 2. The van der Waals surface area contributed by atoms with Crippen LogP contribution in [0, 0.1) is 0 Å². The molecule has 3 rings (SSSR count).